The van der Waals surface area contributed by atoms with Crippen LogP contribution >= 0.6 is 27.3 Å². The lowest BCUT2D eigenvalue weighted by Gasteiger charge is -2.18. The zero-order valence-corrected chi connectivity index (χ0v) is 13.2. The van der Waals surface area contributed by atoms with Crippen molar-refractivity contribution >= 4 is 27.3 Å². The highest BCUT2D eigenvalue weighted by atomic mass is 79.9. The molecular formula is C14H13BrN2O2S. The Morgan fingerprint density at radius 1 is 1.40 bits per heavy atom. The van der Waals surface area contributed by atoms with Crippen LogP contribution in [0.15, 0.2) is 34.1 Å². The molecule has 0 aliphatic heterocycles. The van der Waals surface area contributed by atoms with E-state index in [0.717, 1.165) is 9.35 Å². The van der Waals surface area contributed by atoms with Crippen LogP contribution in [0, 0.1) is 11.3 Å². The van der Waals surface area contributed by atoms with Gasteiger partial charge in [-0.3, -0.25) is 0 Å². The maximum atomic E-state index is 8.89. The summed E-state index contributed by atoms with van der Waals surface area (Å²) in [6, 6.07) is 9.11. The van der Waals surface area contributed by atoms with E-state index < -0.39 is 0 Å². The van der Waals surface area contributed by atoms with Crippen molar-refractivity contribution in [2.75, 3.05) is 13.7 Å². The minimum absolute atomic E-state index is 0.242. The minimum atomic E-state index is -0.242. The molecule has 2 aromatic rings. The summed E-state index contributed by atoms with van der Waals surface area (Å²) in [6.07, 6.45) is -0.242. The fourth-order valence-corrected chi connectivity index (χ4v) is 3.19. The molecule has 1 unspecified atom stereocenters. The predicted octanol–water partition coefficient (Wildman–Crippen LogP) is 3.47. The summed E-state index contributed by atoms with van der Waals surface area (Å²) in [5.74, 6) is 1.10. The molecular weight excluding hydrogens is 340 g/mol. The molecule has 1 aromatic carbocycles. The van der Waals surface area contributed by atoms with Crippen molar-refractivity contribution in [2.24, 2.45) is 5.73 Å². The number of nitrogens with zero attached hydrogens (tertiary/aromatic N) is 1. The van der Waals surface area contributed by atoms with Crippen molar-refractivity contribution in [1.29, 1.82) is 5.26 Å². The van der Waals surface area contributed by atoms with Gasteiger partial charge in [-0.15, -0.1) is 11.3 Å². The molecule has 20 heavy (non-hydrogen) atoms. The van der Waals surface area contributed by atoms with Gasteiger partial charge < -0.3 is 15.2 Å². The third-order valence-electron chi connectivity index (χ3n) is 2.68. The largest absolute Gasteiger partial charge is 0.493 e. The second-order valence-electron chi connectivity index (χ2n) is 3.99. The molecule has 0 bridgehead atoms. The van der Waals surface area contributed by atoms with Gasteiger partial charge in [0.05, 0.1) is 18.7 Å². The van der Waals surface area contributed by atoms with Gasteiger partial charge in [0, 0.05) is 27.3 Å². The molecule has 4 nitrogen and oxygen atoms in total. The van der Waals surface area contributed by atoms with Crippen LogP contribution in [0.5, 0.6) is 11.5 Å². The van der Waals surface area contributed by atoms with Gasteiger partial charge in [-0.2, -0.15) is 5.26 Å². The number of nitrogens with two attached hydrogens (primary N) is 1. The standard InChI is InChI=1S/C14H13BrN2O2S/c1-18-12-4-9(6-16)2-3-11(12)19-13(7-17)14-5-10(15)8-20-14/h2-5,8,13H,7,17H2,1H3. The van der Waals surface area contributed by atoms with E-state index in [-0.39, 0.29) is 6.10 Å². The smallest absolute Gasteiger partial charge is 0.162 e. The third kappa shape index (κ3) is 3.31. The van der Waals surface area contributed by atoms with Crippen molar-refractivity contribution < 1.29 is 9.47 Å². The van der Waals surface area contributed by atoms with E-state index in [1.807, 2.05) is 11.4 Å². The normalized spacial score (nSPS) is 11.7. The Balaban J connectivity index is 2.26. The van der Waals surface area contributed by atoms with Crippen molar-refractivity contribution in [3.63, 3.8) is 0 Å². The Morgan fingerprint density at radius 3 is 2.75 bits per heavy atom. The van der Waals surface area contributed by atoms with Crippen LogP contribution in [0.4, 0.5) is 0 Å². The molecule has 1 atom stereocenters. The molecule has 0 aliphatic carbocycles. The summed E-state index contributed by atoms with van der Waals surface area (Å²) in [5.41, 5.74) is 6.31. The van der Waals surface area contributed by atoms with Crippen LogP contribution < -0.4 is 15.2 Å². The molecule has 0 radical (unpaired) electrons. The van der Waals surface area contributed by atoms with Crippen molar-refractivity contribution in [3.8, 4) is 17.6 Å². The first-order valence-electron chi connectivity index (χ1n) is 5.86. The summed E-state index contributed by atoms with van der Waals surface area (Å²) < 4.78 is 12.2. The number of hydrogen-bond acceptors (Lipinski definition) is 5. The molecule has 6 heteroatoms. The molecule has 0 amide bonds. The van der Waals surface area contributed by atoms with Crippen LogP contribution in [0.1, 0.15) is 16.5 Å². The first kappa shape index (κ1) is 14.9. The number of methoxy groups -OCH3 is 1. The first-order chi connectivity index (χ1) is 9.67. The molecule has 0 saturated heterocycles. The highest BCUT2D eigenvalue weighted by Gasteiger charge is 2.16. The number of ether oxygens (including phenoxy) is 2. The number of nitriles is 1. The van der Waals surface area contributed by atoms with E-state index in [9.17, 15) is 0 Å². The maximum Gasteiger partial charge on any atom is 0.162 e. The van der Waals surface area contributed by atoms with Gasteiger partial charge in [-0.1, -0.05) is 0 Å². The average molecular weight is 353 g/mol. The summed E-state index contributed by atoms with van der Waals surface area (Å²) in [4.78, 5) is 1.03. The first-order valence-corrected chi connectivity index (χ1v) is 7.54. The van der Waals surface area contributed by atoms with Crippen LogP contribution in [-0.2, 0) is 0 Å². The van der Waals surface area contributed by atoms with Gasteiger partial charge in [0.1, 0.15) is 6.10 Å². The number of halogens is 1. The van der Waals surface area contributed by atoms with Crippen LogP contribution in [0.2, 0.25) is 0 Å². The quantitative estimate of drug-likeness (QED) is 0.894. The Kier molecular flexibility index (Phi) is 5.01. The van der Waals surface area contributed by atoms with Gasteiger partial charge in [0.25, 0.3) is 0 Å². The number of thiophene rings is 1. The van der Waals surface area contributed by atoms with E-state index in [2.05, 4.69) is 22.0 Å². The number of hydrogen-bond donors (Lipinski definition) is 1. The number of benzene rings is 1. The van der Waals surface area contributed by atoms with Crippen LogP contribution in [0.25, 0.3) is 0 Å². The second kappa shape index (κ2) is 6.75. The van der Waals surface area contributed by atoms with Gasteiger partial charge in [-0.05, 0) is 34.1 Å². The molecule has 0 saturated carbocycles. The summed E-state index contributed by atoms with van der Waals surface area (Å²) in [7, 11) is 1.54. The van der Waals surface area contributed by atoms with Crippen molar-refractivity contribution in [3.05, 3.63) is 44.6 Å². The van der Waals surface area contributed by atoms with Gasteiger partial charge in [-0.25, -0.2) is 0 Å². The summed E-state index contributed by atoms with van der Waals surface area (Å²) in [6.45, 7) is 0.357. The van der Waals surface area contributed by atoms with Gasteiger partial charge in [0.2, 0.25) is 0 Å². The molecule has 0 aliphatic rings. The molecule has 1 aromatic heterocycles. The SMILES string of the molecule is COc1cc(C#N)ccc1OC(CN)c1cc(Br)cs1. The Labute approximate surface area is 129 Å². The zero-order chi connectivity index (χ0) is 14.5. The Hall–Kier alpha value is -1.55. The Morgan fingerprint density at radius 2 is 2.20 bits per heavy atom. The molecule has 0 fully saturated rings. The second-order valence-corrected chi connectivity index (χ2v) is 5.85. The van der Waals surface area contributed by atoms with Gasteiger partial charge in [0.15, 0.2) is 11.5 Å². The van der Waals surface area contributed by atoms with E-state index in [1.165, 1.54) is 0 Å². The third-order valence-corrected chi connectivity index (χ3v) is 4.47. The fraction of sp³-hybridized carbons (Fsp3) is 0.214. The highest BCUT2D eigenvalue weighted by Crippen LogP contribution is 2.34. The maximum absolute atomic E-state index is 8.89. The predicted molar refractivity (Wildman–Crippen MR) is 82.2 cm³/mol. The lowest BCUT2D eigenvalue weighted by molar-refractivity contribution is 0.208. The number of rotatable bonds is 5. The van der Waals surface area contributed by atoms with E-state index in [4.69, 9.17) is 20.5 Å². The average Bonchev–Trinajstić information content (AvgIpc) is 2.91. The molecule has 104 valence electrons. The summed E-state index contributed by atoms with van der Waals surface area (Å²) in [5, 5.41) is 10.9. The van der Waals surface area contributed by atoms with E-state index in [1.54, 1.807) is 36.6 Å². The highest BCUT2D eigenvalue weighted by molar-refractivity contribution is 9.10. The zero-order valence-electron chi connectivity index (χ0n) is 10.8. The molecule has 0 spiro atoms. The minimum Gasteiger partial charge on any atom is -0.493 e. The van der Waals surface area contributed by atoms with Crippen LogP contribution in [0.3, 0.4) is 0 Å². The molecule has 2 rings (SSSR count). The topological polar surface area (TPSA) is 68.3 Å². The summed E-state index contributed by atoms with van der Waals surface area (Å²) >= 11 is 4.99. The fourth-order valence-electron chi connectivity index (χ4n) is 1.71. The van der Waals surface area contributed by atoms with E-state index >= 15 is 0 Å². The van der Waals surface area contributed by atoms with Crippen molar-refractivity contribution in [2.45, 2.75) is 6.10 Å². The monoisotopic (exact) mass is 352 g/mol. The van der Waals surface area contributed by atoms with Crippen LogP contribution in [-0.4, -0.2) is 13.7 Å². The lowest BCUT2D eigenvalue weighted by atomic mass is 10.2. The van der Waals surface area contributed by atoms with Crippen molar-refractivity contribution in [1.82, 2.24) is 0 Å². The lowest BCUT2D eigenvalue weighted by Crippen LogP contribution is -2.17. The van der Waals surface area contributed by atoms with E-state index in [0.29, 0.717) is 23.6 Å². The molecule has 1 heterocycles. The van der Waals surface area contributed by atoms with Gasteiger partial charge >= 0.3 is 0 Å². The molecule has 2 N–H and O–H groups in total. The Bertz CT molecular complexity index is 636.